The Labute approximate surface area is 216 Å². The first-order chi connectivity index (χ1) is 17.5. The maximum Gasteiger partial charge on any atom is 0.365 e. The van der Waals surface area contributed by atoms with Crippen LogP contribution in [-0.4, -0.2) is 45.1 Å². The summed E-state index contributed by atoms with van der Waals surface area (Å²) in [4.78, 5) is 22.8. The average molecular weight is 551 g/mol. The second-order valence-electron chi connectivity index (χ2n) is 7.49. The molecule has 0 N–H and O–H groups in total. The Morgan fingerprint density at radius 3 is 2.17 bits per heavy atom. The maximum absolute atomic E-state index is 12.8. The molecule has 4 aromatic rings. The lowest BCUT2D eigenvalue weighted by molar-refractivity contribution is 0.0517. The summed E-state index contributed by atoms with van der Waals surface area (Å²) in [6, 6.07) is 17.6. The number of fused-ring (bicyclic) bond motifs is 1. The fraction of sp³-hybridized carbons (Fsp3) is 0.148. The monoisotopic (exact) mass is 550 g/mol. The predicted octanol–water partition coefficient (Wildman–Crippen LogP) is 5.64. The molecule has 36 heavy (non-hydrogen) atoms. The number of pyridine rings is 1. The van der Waals surface area contributed by atoms with Gasteiger partial charge in [-0.15, -0.1) is 0 Å². The second-order valence-corrected chi connectivity index (χ2v) is 8.40. The van der Waals surface area contributed by atoms with Crippen molar-refractivity contribution < 1.29 is 28.6 Å². The van der Waals surface area contributed by atoms with Crippen LogP contribution in [0.15, 0.2) is 76.5 Å². The van der Waals surface area contributed by atoms with Crippen molar-refractivity contribution >= 4 is 38.4 Å². The normalized spacial score (nSPS) is 11.2. The summed E-state index contributed by atoms with van der Waals surface area (Å²) in [6.07, 6.45) is 1.65. The summed E-state index contributed by atoms with van der Waals surface area (Å²) in [5.74, 6) is 1.52. The van der Waals surface area contributed by atoms with Crippen LogP contribution in [0.3, 0.4) is 0 Å². The molecular weight excluding hydrogens is 528 g/mol. The topological polar surface area (TPSA) is 88.5 Å². The van der Waals surface area contributed by atoms with Gasteiger partial charge in [-0.25, -0.2) is 4.79 Å². The van der Waals surface area contributed by atoms with Gasteiger partial charge in [-0.05, 0) is 60.0 Å². The fourth-order valence-corrected chi connectivity index (χ4v) is 4.06. The minimum absolute atomic E-state index is 0.317. The molecule has 0 aliphatic heterocycles. The summed E-state index contributed by atoms with van der Waals surface area (Å²) in [7, 11) is 6.23. The number of hydrogen-bond acceptors (Lipinski definition) is 8. The highest BCUT2D eigenvalue weighted by atomic mass is 79.9. The smallest absolute Gasteiger partial charge is 0.365 e. The lowest BCUT2D eigenvalue weighted by atomic mass is 10.0. The van der Waals surface area contributed by atoms with Crippen LogP contribution in [0.4, 0.5) is 0 Å². The SMILES string of the molecule is COc1ccc(C(=NOC(=O)c2cccc(Br)c2)c2nccc3cc(OC)c(OC)cc23)cc1OC. The first-order valence-corrected chi connectivity index (χ1v) is 11.6. The molecule has 4 rings (SSSR count). The van der Waals surface area contributed by atoms with Crippen molar-refractivity contribution in [3.8, 4) is 23.0 Å². The lowest BCUT2D eigenvalue weighted by Crippen LogP contribution is -2.11. The number of methoxy groups -OCH3 is 4. The third kappa shape index (κ3) is 5.11. The van der Waals surface area contributed by atoms with E-state index < -0.39 is 5.97 Å². The van der Waals surface area contributed by atoms with E-state index in [1.807, 2.05) is 24.3 Å². The molecule has 0 atom stereocenters. The third-order valence-electron chi connectivity index (χ3n) is 5.43. The molecule has 9 heteroatoms. The van der Waals surface area contributed by atoms with Crippen molar-refractivity contribution in [3.05, 3.63) is 88.2 Å². The van der Waals surface area contributed by atoms with Gasteiger partial charge in [-0.3, -0.25) is 4.98 Å². The van der Waals surface area contributed by atoms with E-state index in [-0.39, 0.29) is 0 Å². The number of rotatable bonds is 8. The van der Waals surface area contributed by atoms with Crippen LogP contribution in [0.5, 0.6) is 23.0 Å². The Morgan fingerprint density at radius 2 is 1.47 bits per heavy atom. The molecule has 0 amide bonds. The van der Waals surface area contributed by atoms with E-state index >= 15 is 0 Å². The molecule has 8 nitrogen and oxygen atoms in total. The number of halogens is 1. The van der Waals surface area contributed by atoms with Crippen molar-refractivity contribution in [1.82, 2.24) is 4.98 Å². The molecule has 184 valence electrons. The summed E-state index contributed by atoms with van der Waals surface area (Å²) < 4.78 is 22.5. The molecule has 3 aromatic carbocycles. The van der Waals surface area contributed by atoms with Crippen LogP contribution in [0.1, 0.15) is 21.6 Å². The van der Waals surface area contributed by atoms with Crippen molar-refractivity contribution in [2.45, 2.75) is 0 Å². The number of oxime groups is 1. The average Bonchev–Trinajstić information content (AvgIpc) is 2.92. The van der Waals surface area contributed by atoms with E-state index in [9.17, 15) is 4.79 Å². The summed E-state index contributed by atoms with van der Waals surface area (Å²) in [5, 5.41) is 5.83. The number of carbonyl (C=O) groups excluding carboxylic acids is 1. The zero-order chi connectivity index (χ0) is 25.7. The van der Waals surface area contributed by atoms with E-state index in [2.05, 4.69) is 26.1 Å². The van der Waals surface area contributed by atoms with Gasteiger partial charge >= 0.3 is 5.97 Å². The Hall–Kier alpha value is -4.11. The minimum atomic E-state index is -0.617. The first-order valence-electron chi connectivity index (χ1n) is 10.8. The Balaban J connectivity index is 1.89. The second kappa shape index (κ2) is 11.1. The molecule has 0 radical (unpaired) electrons. The number of nitrogens with zero attached hydrogens (tertiary/aromatic N) is 2. The van der Waals surface area contributed by atoms with Crippen molar-refractivity contribution in [2.24, 2.45) is 5.16 Å². The molecular formula is C27H23BrN2O6. The van der Waals surface area contributed by atoms with Crippen LogP contribution >= 0.6 is 15.9 Å². The Bertz CT molecular complexity index is 1450. The van der Waals surface area contributed by atoms with Crippen molar-refractivity contribution in [1.29, 1.82) is 0 Å². The van der Waals surface area contributed by atoms with Crippen LogP contribution < -0.4 is 18.9 Å². The summed E-state index contributed by atoms with van der Waals surface area (Å²) >= 11 is 3.36. The third-order valence-corrected chi connectivity index (χ3v) is 5.92. The van der Waals surface area contributed by atoms with E-state index in [1.165, 1.54) is 0 Å². The number of ether oxygens (including phenoxy) is 4. The van der Waals surface area contributed by atoms with Crippen LogP contribution in [-0.2, 0) is 4.84 Å². The van der Waals surface area contributed by atoms with Crippen molar-refractivity contribution in [3.63, 3.8) is 0 Å². The van der Waals surface area contributed by atoms with Crippen LogP contribution in [0.2, 0.25) is 0 Å². The highest BCUT2D eigenvalue weighted by Crippen LogP contribution is 2.35. The van der Waals surface area contributed by atoms with Crippen molar-refractivity contribution in [2.75, 3.05) is 28.4 Å². The fourth-order valence-electron chi connectivity index (χ4n) is 3.66. The van der Waals surface area contributed by atoms with Gasteiger partial charge in [-0.2, -0.15) is 0 Å². The van der Waals surface area contributed by atoms with Gasteiger partial charge in [0.05, 0.1) is 34.0 Å². The van der Waals surface area contributed by atoms with Gasteiger partial charge in [-0.1, -0.05) is 27.2 Å². The van der Waals surface area contributed by atoms with Gasteiger partial charge in [0.25, 0.3) is 0 Å². The van der Waals surface area contributed by atoms with Crippen LogP contribution in [0.25, 0.3) is 10.8 Å². The lowest BCUT2D eigenvalue weighted by Gasteiger charge is -2.14. The van der Waals surface area contributed by atoms with E-state index in [1.54, 1.807) is 71.0 Å². The van der Waals surface area contributed by atoms with Gasteiger partial charge in [0.2, 0.25) is 0 Å². The standard InChI is InChI=1S/C27H23BrN2O6/c1-32-21-9-8-17(14-22(21)33-2)25(30-36-27(31)18-6-5-7-19(28)12-18)26-20-15-24(35-4)23(34-3)13-16(20)10-11-29-26/h5-15H,1-4H3. The molecule has 0 aliphatic carbocycles. The number of aromatic nitrogens is 1. The van der Waals surface area contributed by atoms with Gasteiger partial charge in [0.1, 0.15) is 11.4 Å². The number of benzene rings is 3. The molecule has 0 fully saturated rings. The van der Waals surface area contributed by atoms with Crippen LogP contribution in [0, 0.1) is 0 Å². The Kier molecular flexibility index (Phi) is 7.70. The maximum atomic E-state index is 12.8. The zero-order valence-electron chi connectivity index (χ0n) is 20.1. The largest absolute Gasteiger partial charge is 0.493 e. The molecule has 1 heterocycles. The zero-order valence-corrected chi connectivity index (χ0v) is 21.7. The van der Waals surface area contributed by atoms with Gasteiger partial charge in [0.15, 0.2) is 23.0 Å². The van der Waals surface area contributed by atoms with E-state index in [0.29, 0.717) is 45.5 Å². The molecule has 0 unspecified atom stereocenters. The van der Waals surface area contributed by atoms with Gasteiger partial charge < -0.3 is 23.8 Å². The molecule has 1 aromatic heterocycles. The predicted molar refractivity (Wildman–Crippen MR) is 140 cm³/mol. The minimum Gasteiger partial charge on any atom is -0.493 e. The number of carbonyl (C=O) groups is 1. The Morgan fingerprint density at radius 1 is 0.778 bits per heavy atom. The molecule has 0 spiro atoms. The van der Waals surface area contributed by atoms with E-state index in [4.69, 9.17) is 23.8 Å². The molecule has 0 aliphatic rings. The number of hydrogen-bond donors (Lipinski definition) is 0. The molecule has 0 bridgehead atoms. The quantitative estimate of drug-likeness (QED) is 0.159. The molecule has 0 saturated carbocycles. The first kappa shape index (κ1) is 25.0. The van der Waals surface area contributed by atoms with Gasteiger partial charge in [0, 0.05) is 21.6 Å². The molecule has 0 saturated heterocycles. The highest BCUT2D eigenvalue weighted by molar-refractivity contribution is 9.10. The summed E-state index contributed by atoms with van der Waals surface area (Å²) in [5.41, 5.74) is 1.74. The van der Waals surface area contributed by atoms with E-state index in [0.717, 1.165) is 15.2 Å². The summed E-state index contributed by atoms with van der Waals surface area (Å²) in [6.45, 7) is 0. The highest BCUT2D eigenvalue weighted by Gasteiger charge is 2.19.